The monoisotopic (exact) mass is 308 g/mol. The van der Waals surface area contributed by atoms with Gasteiger partial charge in [-0.05, 0) is 0 Å². The van der Waals surface area contributed by atoms with Crippen molar-refractivity contribution in [3.8, 4) is 0 Å². The van der Waals surface area contributed by atoms with Crippen molar-refractivity contribution in [1.82, 2.24) is 0 Å². The molecule has 0 atom stereocenters. The largest absolute Gasteiger partial charge is 1.00 e. The van der Waals surface area contributed by atoms with Gasteiger partial charge in [-0.1, -0.05) is 0 Å². The Morgan fingerprint density at radius 2 is 1.33 bits per heavy atom. The molecule has 0 rings (SSSR count). The Labute approximate surface area is 64.8 Å². The zero-order valence-corrected chi connectivity index (χ0v) is 7.10. The molecule has 1 nitrogen and oxygen atoms in total. The van der Waals surface area contributed by atoms with Crippen molar-refractivity contribution in [2.24, 2.45) is 0 Å². The van der Waals surface area contributed by atoms with Gasteiger partial charge >= 0.3 is 22.4 Å². The van der Waals surface area contributed by atoms with Crippen LogP contribution in [0, 0.1) is 6.10 Å². The standard InChI is InChI=1S/C3H7O.Au.Cr/c1-3(2)4;;/h4H,1-2H3;;/q-1;+1;. The summed E-state index contributed by atoms with van der Waals surface area (Å²) in [6.07, 6.45) is 0.417. The predicted octanol–water partition coefficient (Wildman–Crippen LogP) is 0.926. The molecule has 0 aliphatic rings. The third-order valence-electron chi connectivity index (χ3n) is 0. The fraction of sp³-hybridized carbons (Fsp3) is 0.667. The van der Waals surface area contributed by atoms with Crippen LogP contribution in [0.4, 0.5) is 0 Å². The normalized spacial score (nSPS) is 6.00. The Kier molecular flexibility index (Phi) is 24.9. The third kappa shape index (κ3) is 61.7. The summed E-state index contributed by atoms with van der Waals surface area (Å²) < 4.78 is 0. The van der Waals surface area contributed by atoms with E-state index in [0.717, 1.165) is 0 Å². The maximum atomic E-state index is 7.97. The van der Waals surface area contributed by atoms with Crippen molar-refractivity contribution >= 4 is 0 Å². The third-order valence-corrected chi connectivity index (χ3v) is 0. The molecule has 0 aromatic carbocycles. The van der Waals surface area contributed by atoms with E-state index in [1.807, 2.05) is 0 Å². The summed E-state index contributed by atoms with van der Waals surface area (Å²) in [5.74, 6) is 0. The van der Waals surface area contributed by atoms with Crippen molar-refractivity contribution in [2.75, 3.05) is 0 Å². The molecule has 0 aromatic heterocycles. The van der Waals surface area contributed by atoms with Crippen LogP contribution in [0.15, 0.2) is 0 Å². The van der Waals surface area contributed by atoms with Gasteiger partial charge in [0.15, 0.2) is 0 Å². The van der Waals surface area contributed by atoms with E-state index in [2.05, 4.69) is 0 Å². The van der Waals surface area contributed by atoms with Gasteiger partial charge in [-0.2, -0.15) is 13.8 Å². The van der Waals surface area contributed by atoms with Crippen LogP contribution in [0.1, 0.15) is 13.8 Å². The second-order valence-electron chi connectivity index (χ2n) is 0.947. The molecular formula is C3H7AuCrO. The van der Waals surface area contributed by atoms with Crippen molar-refractivity contribution in [3.63, 3.8) is 0 Å². The molecule has 1 N–H and O–H groups in total. The van der Waals surface area contributed by atoms with Crippen molar-refractivity contribution in [1.29, 1.82) is 0 Å². The average molecular weight is 308 g/mol. The van der Waals surface area contributed by atoms with E-state index >= 15 is 0 Å². The summed E-state index contributed by atoms with van der Waals surface area (Å²) in [5.41, 5.74) is 0. The molecule has 0 radical (unpaired) electrons. The first-order valence-corrected chi connectivity index (χ1v) is 1.22. The van der Waals surface area contributed by atoms with Gasteiger partial charge in [-0.3, -0.25) is 0 Å². The van der Waals surface area contributed by atoms with Crippen LogP contribution in [-0.4, -0.2) is 5.11 Å². The molecule has 0 unspecified atom stereocenters. The van der Waals surface area contributed by atoms with E-state index < -0.39 is 0 Å². The number of rotatable bonds is 0. The molecule has 0 aromatic rings. The molecule has 42 valence electrons. The zero-order valence-electron chi connectivity index (χ0n) is 3.66. The maximum Gasteiger partial charge on any atom is 1.00 e. The molecule has 0 fully saturated rings. The van der Waals surface area contributed by atoms with Crippen LogP contribution in [0.25, 0.3) is 0 Å². The molecule has 0 heterocycles. The Hall–Kier alpha value is 1.23. The second kappa shape index (κ2) is 9.53. The van der Waals surface area contributed by atoms with E-state index in [0.29, 0.717) is 6.10 Å². The van der Waals surface area contributed by atoms with Gasteiger partial charge in [0.1, 0.15) is 0 Å². The van der Waals surface area contributed by atoms with Crippen molar-refractivity contribution < 1.29 is 44.8 Å². The minimum absolute atomic E-state index is 0. The van der Waals surface area contributed by atoms with E-state index in [1.54, 1.807) is 13.8 Å². The van der Waals surface area contributed by atoms with E-state index in [4.69, 9.17) is 5.11 Å². The number of aliphatic hydroxyl groups is 1. The average Bonchev–Trinajstić information content (AvgIpc) is 0.811. The van der Waals surface area contributed by atoms with E-state index in [9.17, 15) is 0 Å². The first-order valence-electron chi connectivity index (χ1n) is 1.22. The topological polar surface area (TPSA) is 20.2 Å². The molecule has 6 heavy (non-hydrogen) atoms. The van der Waals surface area contributed by atoms with Crippen LogP contribution in [0.2, 0.25) is 0 Å². The van der Waals surface area contributed by atoms with Gasteiger partial charge in [-0.25, -0.2) is 6.10 Å². The van der Waals surface area contributed by atoms with Gasteiger partial charge in [-0.15, -0.1) is 0 Å². The Morgan fingerprint density at radius 3 is 1.33 bits per heavy atom. The second-order valence-corrected chi connectivity index (χ2v) is 0.947. The summed E-state index contributed by atoms with van der Waals surface area (Å²) in [6, 6.07) is 0. The molecule has 3 heteroatoms. The van der Waals surface area contributed by atoms with Gasteiger partial charge in [0.25, 0.3) is 0 Å². The minimum Gasteiger partial charge on any atom is -0.563 e. The summed E-state index contributed by atoms with van der Waals surface area (Å²) in [5, 5.41) is 7.97. The summed E-state index contributed by atoms with van der Waals surface area (Å²) in [6.45, 7) is 3.28. The quantitative estimate of drug-likeness (QED) is 0.521. The van der Waals surface area contributed by atoms with Crippen LogP contribution < -0.4 is 0 Å². The molecule has 0 saturated carbocycles. The predicted molar refractivity (Wildman–Crippen MR) is 16.5 cm³/mol. The molecule has 0 aliphatic heterocycles. The molecule has 0 amide bonds. The number of aliphatic hydroxyl groups excluding tert-OH is 1. The molecule has 0 aliphatic carbocycles. The van der Waals surface area contributed by atoms with Gasteiger partial charge < -0.3 is 5.11 Å². The Bertz CT molecular complexity index is 15.5. The Balaban J connectivity index is -0.0000000450. The van der Waals surface area contributed by atoms with Crippen LogP contribution in [0.3, 0.4) is 0 Å². The van der Waals surface area contributed by atoms with Crippen molar-refractivity contribution in [2.45, 2.75) is 13.8 Å². The van der Waals surface area contributed by atoms with Gasteiger partial charge in [0.2, 0.25) is 0 Å². The van der Waals surface area contributed by atoms with Crippen LogP contribution >= 0.6 is 0 Å². The summed E-state index contributed by atoms with van der Waals surface area (Å²) in [7, 11) is 0. The first-order chi connectivity index (χ1) is 1.73. The fourth-order valence-corrected chi connectivity index (χ4v) is 0. The Morgan fingerprint density at radius 1 is 1.33 bits per heavy atom. The van der Waals surface area contributed by atoms with Gasteiger partial charge in [0.05, 0.1) is 0 Å². The molecule has 0 bridgehead atoms. The zero-order chi connectivity index (χ0) is 3.58. The summed E-state index contributed by atoms with van der Waals surface area (Å²) in [4.78, 5) is 0. The molecular weight excluding hydrogens is 301 g/mol. The fourth-order valence-electron chi connectivity index (χ4n) is 0. The first kappa shape index (κ1) is 15.7. The van der Waals surface area contributed by atoms with Crippen LogP contribution in [0.5, 0.6) is 0 Å². The smallest absolute Gasteiger partial charge is 0.563 e. The van der Waals surface area contributed by atoms with Crippen molar-refractivity contribution in [3.05, 3.63) is 6.10 Å². The van der Waals surface area contributed by atoms with Crippen LogP contribution in [-0.2, 0) is 39.7 Å². The van der Waals surface area contributed by atoms with E-state index in [-0.39, 0.29) is 39.7 Å². The number of hydrogen-bond donors (Lipinski definition) is 1. The maximum absolute atomic E-state index is 7.97. The van der Waals surface area contributed by atoms with Gasteiger partial charge in [0, 0.05) is 17.4 Å². The molecule has 0 spiro atoms. The molecule has 0 saturated heterocycles. The summed E-state index contributed by atoms with van der Waals surface area (Å²) >= 11 is 0. The van der Waals surface area contributed by atoms with E-state index in [1.165, 1.54) is 0 Å². The SMILES string of the molecule is C[C-](C)O.[Au+].[Cr]. The minimum atomic E-state index is 0. The number of hydrogen-bond acceptors (Lipinski definition) is 1.